The summed E-state index contributed by atoms with van der Waals surface area (Å²) in [5, 5.41) is 0. The molecule has 2 heterocycles. The monoisotopic (exact) mass is 455 g/mol. The highest BCUT2D eigenvalue weighted by atomic mass is 15.4. The second kappa shape index (κ2) is 9.03. The zero-order chi connectivity index (χ0) is 23.6. The molecule has 1 aromatic heterocycles. The van der Waals surface area contributed by atoms with Crippen LogP contribution in [-0.4, -0.2) is 21.6 Å². The minimum absolute atomic E-state index is 0.642. The molecule has 0 aliphatic carbocycles. The Morgan fingerprint density at radius 2 is 1.11 bits per heavy atom. The van der Waals surface area contributed by atoms with Crippen LogP contribution < -0.4 is 9.80 Å². The van der Waals surface area contributed by atoms with Gasteiger partial charge in [-0.05, 0) is 30.2 Å². The molecule has 170 valence electrons. The van der Waals surface area contributed by atoms with Crippen LogP contribution in [0.2, 0.25) is 0 Å². The highest BCUT2D eigenvalue weighted by molar-refractivity contribution is 5.71. The van der Waals surface area contributed by atoms with Gasteiger partial charge in [0.05, 0.1) is 12.4 Å². The van der Waals surface area contributed by atoms with Crippen molar-refractivity contribution in [3.05, 3.63) is 120 Å². The van der Waals surface area contributed by atoms with Gasteiger partial charge in [-0.3, -0.25) is 4.90 Å². The summed E-state index contributed by atoms with van der Waals surface area (Å²) in [5.74, 6) is 1.98. The van der Waals surface area contributed by atoms with Crippen LogP contribution in [0.1, 0.15) is 11.1 Å². The lowest BCUT2D eigenvalue weighted by atomic mass is 10.1. The SMILES string of the molecule is Cc1ccccc1N1Cc2ccccc2N(c2nc(-c3ccccc3)nc(-c3ccccc3)n2)C1. The second-order valence-corrected chi connectivity index (χ2v) is 8.70. The maximum absolute atomic E-state index is 4.98. The quantitative estimate of drug-likeness (QED) is 0.304. The molecule has 0 fully saturated rings. The number of hydrogen-bond donors (Lipinski definition) is 0. The van der Waals surface area contributed by atoms with Gasteiger partial charge >= 0.3 is 0 Å². The lowest BCUT2D eigenvalue weighted by Gasteiger charge is -2.39. The first-order valence-electron chi connectivity index (χ1n) is 11.8. The molecule has 6 rings (SSSR count). The van der Waals surface area contributed by atoms with Crippen molar-refractivity contribution >= 4 is 17.3 Å². The summed E-state index contributed by atoms with van der Waals surface area (Å²) in [6, 6.07) is 37.2. The van der Waals surface area contributed by atoms with E-state index in [9.17, 15) is 0 Å². The smallest absolute Gasteiger partial charge is 0.235 e. The molecule has 4 aromatic carbocycles. The number of benzene rings is 4. The van der Waals surface area contributed by atoms with E-state index in [1.165, 1.54) is 16.8 Å². The van der Waals surface area contributed by atoms with Gasteiger partial charge in [0.2, 0.25) is 5.95 Å². The van der Waals surface area contributed by atoms with Crippen molar-refractivity contribution in [2.24, 2.45) is 0 Å². The van der Waals surface area contributed by atoms with Crippen LogP contribution in [0.4, 0.5) is 17.3 Å². The topological polar surface area (TPSA) is 45.2 Å². The summed E-state index contributed by atoms with van der Waals surface area (Å²) in [6.45, 7) is 3.64. The number of anilines is 3. The van der Waals surface area contributed by atoms with Crippen molar-refractivity contribution in [3.8, 4) is 22.8 Å². The third-order valence-corrected chi connectivity index (χ3v) is 6.34. The minimum atomic E-state index is 0.642. The number of aryl methyl sites for hydroxylation is 1. The van der Waals surface area contributed by atoms with E-state index in [2.05, 4.69) is 65.3 Å². The molecule has 0 unspecified atom stereocenters. The zero-order valence-electron chi connectivity index (χ0n) is 19.5. The van der Waals surface area contributed by atoms with Crippen LogP contribution in [0.5, 0.6) is 0 Å². The van der Waals surface area contributed by atoms with E-state index in [1.54, 1.807) is 0 Å². The molecule has 5 aromatic rings. The van der Waals surface area contributed by atoms with E-state index in [0.29, 0.717) is 24.3 Å². The molecule has 0 atom stereocenters. The Kier molecular flexibility index (Phi) is 5.43. The van der Waals surface area contributed by atoms with E-state index < -0.39 is 0 Å². The molecule has 0 saturated heterocycles. The molecule has 0 radical (unpaired) electrons. The summed E-state index contributed by atoms with van der Waals surface area (Å²) in [5.41, 5.74) is 6.76. The fraction of sp³-hybridized carbons (Fsp3) is 0.100. The molecule has 0 saturated carbocycles. The maximum atomic E-state index is 4.98. The Morgan fingerprint density at radius 3 is 1.74 bits per heavy atom. The summed E-state index contributed by atoms with van der Waals surface area (Å²) < 4.78 is 0. The molecular formula is C30H25N5. The number of para-hydroxylation sites is 2. The van der Waals surface area contributed by atoms with E-state index >= 15 is 0 Å². The Bertz CT molecular complexity index is 1410. The Balaban J connectivity index is 1.51. The van der Waals surface area contributed by atoms with Gasteiger partial charge in [-0.15, -0.1) is 0 Å². The van der Waals surface area contributed by atoms with Gasteiger partial charge in [-0.25, -0.2) is 4.98 Å². The summed E-state index contributed by atoms with van der Waals surface area (Å²) in [4.78, 5) is 19.4. The highest BCUT2D eigenvalue weighted by Gasteiger charge is 2.27. The molecule has 5 heteroatoms. The van der Waals surface area contributed by atoms with Gasteiger partial charge in [0, 0.05) is 23.4 Å². The standard InChI is InChI=1S/C30H25N5/c1-22-12-8-10-18-26(22)34-20-25-17-9-11-19-27(25)35(21-34)30-32-28(23-13-4-2-5-14-23)31-29(33-30)24-15-6-3-7-16-24/h2-19H,20-21H2,1H3. The molecule has 1 aliphatic rings. The Morgan fingerprint density at radius 1 is 0.571 bits per heavy atom. The van der Waals surface area contributed by atoms with Gasteiger partial charge in [0.1, 0.15) is 0 Å². The van der Waals surface area contributed by atoms with Crippen molar-refractivity contribution < 1.29 is 0 Å². The highest BCUT2D eigenvalue weighted by Crippen LogP contribution is 2.36. The van der Waals surface area contributed by atoms with Crippen molar-refractivity contribution in [3.63, 3.8) is 0 Å². The van der Waals surface area contributed by atoms with Crippen molar-refractivity contribution in [2.75, 3.05) is 16.5 Å². The van der Waals surface area contributed by atoms with Gasteiger partial charge < -0.3 is 4.90 Å². The summed E-state index contributed by atoms with van der Waals surface area (Å²) in [7, 11) is 0. The first-order valence-corrected chi connectivity index (χ1v) is 11.8. The average molecular weight is 456 g/mol. The normalized spacial score (nSPS) is 12.9. The first kappa shape index (κ1) is 21.1. The summed E-state index contributed by atoms with van der Waals surface area (Å²) in [6.07, 6.45) is 0. The van der Waals surface area contributed by atoms with Crippen molar-refractivity contribution in [2.45, 2.75) is 13.5 Å². The van der Waals surface area contributed by atoms with Gasteiger partial charge in [-0.1, -0.05) is 97.1 Å². The third kappa shape index (κ3) is 4.13. The van der Waals surface area contributed by atoms with E-state index in [0.717, 1.165) is 23.4 Å². The number of rotatable bonds is 4. The van der Waals surface area contributed by atoms with Crippen molar-refractivity contribution in [1.29, 1.82) is 0 Å². The van der Waals surface area contributed by atoms with Crippen LogP contribution in [0.25, 0.3) is 22.8 Å². The van der Waals surface area contributed by atoms with E-state index in [-0.39, 0.29) is 0 Å². The molecule has 5 nitrogen and oxygen atoms in total. The van der Waals surface area contributed by atoms with Crippen LogP contribution in [0.15, 0.2) is 109 Å². The first-order chi connectivity index (χ1) is 17.3. The van der Waals surface area contributed by atoms with Gasteiger partial charge in [0.15, 0.2) is 11.6 Å². The molecule has 0 N–H and O–H groups in total. The van der Waals surface area contributed by atoms with Crippen LogP contribution in [-0.2, 0) is 6.54 Å². The number of aromatic nitrogens is 3. The predicted molar refractivity (Wildman–Crippen MR) is 142 cm³/mol. The number of nitrogens with zero attached hydrogens (tertiary/aromatic N) is 5. The number of fused-ring (bicyclic) bond motifs is 1. The molecule has 0 spiro atoms. The minimum Gasteiger partial charge on any atom is -0.349 e. The van der Waals surface area contributed by atoms with Gasteiger partial charge in [-0.2, -0.15) is 9.97 Å². The molecular weight excluding hydrogens is 430 g/mol. The van der Waals surface area contributed by atoms with Crippen LogP contribution >= 0.6 is 0 Å². The van der Waals surface area contributed by atoms with Crippen LogP contribution in [0, 0.1) is 6.92 Å². The maximum Gasteiger partial charge on any atom is 0.235 e. The lowest BCUT2D eigenvalue weighted by molar-refractivity contribution is 0.734. The van der Waals surface area contributed by atoms with E-state index in [1.807, 2.05) is 60.7 Å². The average Bonchev–Trinajstić information content (AvgIpc) is 2.93. The van der Waals surface area contributed by atoms with Crippen LogP contribution in [0.3, 0.4) is 0 Å². The number of hydrogen-bond acceptors (Lipinski definition) is 5. The third-order valence-electron chi connectivity index (χ3n) is 6.34. The summed E-state index contributed by atoms with van der Waals surface area (Å²) >= 11 is 0. The Hall–Kier alpha value is -4.51. The predicted octanol–water partition coefficient (Wildman–Crippen LogP) is 6.63. The molecule has 0 amide bonds. The second-order valence-electron chi connectivity index (χ2n) is 8.70. The largest absolute Gasteiger partial charge is 0.349 e. The lowest BCUT2D eigenvalue weighted by Crippen LogP contribution is -2.41. The van der Waals surface area contributed by atoms with Gasteiger partial charge in [0.25, 0.3) is 0 Å². The molecule has 1 aliphatic heterocycles. The van der Waals surface area contributed by atoms with Crippen molar-refractivity contribution in [1.82, 2.24) is 15.0 Å². The van der Waals surface area contributed by atoms with E-state index in [4.69, 9.17) is 15.0 Å². The fourth-order valence-corrected chi connectivity index (χ4v) is 4.58. The molecule has 0 bridgehead atoms. The Labute approximate surface area is 205 Å². The molecule has 35 heavy (non-hydrogen) atoms. The zero-order valence-corrected chi connectivity index (χ0v) is 19.5. The fourth-order valence-electron chi connectivity index (χ4n) is 4.58.